The van der Waals surface area contributed by atoms with Crippen LogP contribution in [0.5, 0.6) is 0 Å². The third-order valence-corrected chi connectivity index (χ3v) is 5.54. The van der Waals surface area contributed by atoms with E-state index in [0.717, 1.165) is 4.57 Å². The molecule has 4 rings (SSSR count). The zero-order valence-electron chi connectivity index (χ0n) is 20.1. The molecule has 0 aliphatic rings. The van der Waals surface area contributed by atoms with Crippen LogP contribution in [0.1, 0.15) is 27.7 Å². The predicted molar refractivity (Wildman–Crippen MR) is 134 cm³/mol. The quantitative estimate of drug-likeness (QED) is 0.410. The second-order valence-corrected chi connectivity index (χ2v) is 9.35. The molecule has 1 amide bonds. The number of nitrogen functional groups attached to an aromatic ring is 1. The molecule has 11 heteroatoms. The van der Waals surface area contributed by atoms with Gasteiger partial charge in [-0.3, -0.25) is 28.5 Å². The molecule has 184 valence electrons. The van der Waals surface area contributed by atoms with E-state index in [1.54, 1.807) is 18.2 Å². The van der Waals surface area contributed by atoms with E-state index in [9.17, 15) is 19.2 Å². The normalized spacial score (nSPS) is 11.7. The van der Waals surface area contributed by atoms with Crippen molar-refractivity contribution in [3.63, 3.8) is 0 Å². The number of para-hydroxylation sites is 1. The Balaban J connectivity index is 1.77. The number of H-pyrrole nitrogens is 1. The van der Waals surface area contributed by atoms with E-state index in [1.165, 1.54) is 15.8 Å². The highest BCUT2D eigenvalue weighted by Crippen LogP contribution is 2.24. The Labute approximate surface area is 199 Å². The summed E-state index contributed by atoms with van der Waals surface area (Å²) in [7, 11) is 0. The van der Waals surface area contributed by atoms with Crippen molar-refractivity contribution in [2.24, 2.45) is 11.8 Å². The van der Waals surface area contributed by atoms with E-state index < -0.39 is 29.3 Å². The highest BCUT2D eigenvalue weighted by Gasteiger charge is 2.26. The van der Waals surface area contributed by atoms with Gasteiger partial charge in [0.2, 0.25) is 11.5 Å². The fourth-order valence-corrected chi connectivity index (χ4v) is 4.03. The van der Waals surface area contributed by atoms with Crippen molar-refractivity contribution in [1.29, 1.82) is 0 Å². The van der Waals surface area contributed by atoms with Gasteiger partial charge in [0.1, 0.15) is 23.5 Å². The van der Waals surface area contributed by atoms with Crippen LogP contribution in [0.3, 0.4) is 0 Å². The first-order valence-electron chi connectivity index (χ1n) is 11.4. The average molecular weight is 481 g/mol. The van der Waals surface area contributed by atoms with Crippen molar-refractivity contribution in [1.82, 2.24) is 19.1 Å². The summed E-state index contributed by atoms with van der Waals surface area (Å²) >= 11 is 0. The Morgan fingerprint density at radius 3 is 2.54 bits per heavy atom. The molecule has 0 atom stereocenters. The van der Waals surface area contributed by atoms with Crippen LogP contribution in [0.4, 0.5) is 11.5 Å². The molecule has 35 heavy (non-hydrogen) atoms. The first-order chi connectivity index (χ1) is 16.6. The van der Waals surface area contributed by atoms with Crippen LogP contribution < -0.4 is 27.4 Å². The van der Waals surface area contributed by atoms with Gasteiger partial charge in [0.15, 0.2) is 5.69 Å². The van der Waals surface area contributed by atoms with E-state index in [1.807, 2.05) is 33.8 Å². The molecule has 0 spiro atoms. The van der Waals surface area contributed by atoms with Gasteiger partial charge in [-0.05, 0) is 24.0 Å². The van der Waals surface area contributed by atoms with Crippen molar-refractivity contribution in [3.8, 4) is 0 Å². The third kappa shape index (κ3) is 4.48. The van der Waals surface area contributed by atoms with Crippen LogP contribution in [0, 0.1) is 11.8 Å². The second kappa shape index (κ2) is 9.24. The highest BCUT2D eigenvalue weighted by molar-refractivity contribution is 6.02. The zero-order chi connectivity index (χ0) is 25.4. The molecule has 3 heterocycles. The lowest BCUT2D eigenvalue weighted by Gasteiger charge is -2.26. The molecule has 3 aromatic heterocycles. The second-order valence-electron chi connectivity index (χ2n) is 9.35. The number of aromatic amines is 1. The number of nitrogens with zero attached hydrogens (tertiary/aromatic N) is 4. The topological polar surface area (TPSA) is 149 Å². The summed E-state index contributed by atoms with van der Waals surface area (Å²) in [6, 6.07) is 7.14. The number of amides is 1. The summed E-state index contributed by atoms with van der Waals surface area (Å²) in [5.74, 6) is -0.608. The Morgan fingerprint density at radius 2 is 1.86 bits per heavy atom. The van der Waals surface area contributed by atoms with Gasteiger partial charge < -0.3 is 15.1 Å². The van der Waals surface area contributed by atoms with Gasteiger partial charge in [0, 0.05) is 18.5 Å². The van der Waals surface area contributed by atoms with Crippen LogP contribution >= 0.6 is 0 Å². The molecule has 0 radical (unpaired) electrons. The number of rotatable bonds is 7. The van der Waals surface area contributed by atoms with Gasteiger partial charge in [0.25, 0.3) is 11.1 Å². The number of hydrogen-bond acceptors (Lipinski definition) is 7. The Morgan fingerprint density at radius 1 is 1.14 bits per heavy atom. The molecule has 0 unspecified atom stereocenters. The van der Waals surface area contributed by atoms with Crippen molar-refractivity contribution in [3.05, 3.63) is 61.8 Å². The van der Waals surface area contributed by atoms with Crippen LogP contribution in [0.2, 0.25) is 0 Å². The SMILES string of the molecule is CC(C)CN(C(=O)Cn1cnc2c(oc3ccccc32)c1=O)c1c(N)n(CC(C)C)c(=O)[nH]c1=O. The molecular formula is C24H28N6O5. The molecule has 0 bridgehead atoms. The van der Waals surface area contributed by atoms with Crippen molar-refractivity contribution < 1.29 is 9.21 Å². The van der Waals surface area contributed by atoms with Gasteiger partial charge in [0.05, 0.1) is 6.33 Å². The summed E-state index contributed by atoms with van der Waals surface area (Å²) < 4.78 is 8.07. The van der Waals surface area contributed by atoms with Crippen LogP contribution in [0.25, 0.3) is 22.1 Å². The first kappa shape index (κ1) is 24.0. The maximum Gasteiger partial charge on any atom is 0.330 e. The maximum atomic E-state index is 13.4. The van der Waals surface area contributed by atoms with Gasteiger partial charge in [-0.25, -0.2) is 9.78 Å². The van der Waals surface area contributed by atoms with E-state index in [-0.39, 0.29) is 42.0 Å². The number of aromatic nitrogens is 4. The number of benzene rings is 1. The number of nitrogens with one attached hydrogen (secondary N) is 1. The lowest BCUT2D eigenvalue weighted by atomic mass is 10.2. The maximum absolute atomic E-state index is 13.4. The molecule has 3 N–H and O–H groups in total. The fourth-order valence-electron chi connectivity index (χ4n) is 4.03. The molecule has 4 aromatic rings. The highest BCUT2D eigenvalue weighted by atomic mass is 16.3. The minimum Gasteiger partial charge on any atom is -0.448 e. The number of carbonyl (C=O) groups excluding carboxylic acids is 1. The van der Waals surface area contributed by atoms with E-state index >= 15 is 0 Å². The van der Waals surface area contributed by atoms with E-state index in [0.29, 0.717) is 16.5 Å². The van der Waals surface area contributed by atoms with Crippen molar-refractivity contribution >= 4 is 39.5 Å². The Hall–Kier alpha value is -4.15. The Bertz CT molecular complexity index is 1590. The smallest absolute Gasteiger partial charge is 0.330 e. The number of hydrogen-bond donors (Lipinski definition) is 2. The molecule has 1 aromatic carbocycles. The molecule has 11 nitrogen and oxygen atoms in total. The molecule has 0 saturated carbocycles. The minimum absolute atomic E-state index is 0.0315. The number of carbonyl (C=O) groups is 1. The average Bonchev–Trinajstić information content (AvgIpc) is 3.17. The van der Waals surface area contributed by atoms with E-state index in [4.69, 9.17) is 10.2 Å². The van der Waals surface area contributed by atoms with Crippen LogP contribution in [-0.4, -0.2) is 31.6 Å². The van der Waals surface area contributed by atoms with Crippen molar-refractivity contribution in [2.75, 3.05) is 17.2 Å². The summed E-state index contributed by atoms with van der Waals surface area (Å²) in [5, 5.41) is 0.700. The number of anilines is 2. The van der Waals surface area contributed by atoms with Crippen LogP contribution in [0.15, 0.2) is 49.4 Å². The van der Waals surface area contributed by atoms with Gasteiger partial charge in [-0.2, -0.15) is 0 Å². The number of furan rings is 1. The fraction of sp³-hybridized carbons (Fsp3) is 0.375. The third-order valence-electron chi connectivity index (χ3n) is 5.54. The monoisotopic (exact) mass is 480 g/mol. The molecule has 0 saturated heterocycles. The van der Waals surface area contributed by atoms with Crippen molar-refractivity contribution in [2.45, 2.75) is 40.8 Å². The summed E-state index contributed by atoms with van der Waals surface area (Å²) in [5.41, 5.74) is 5.17. The molecule has 0 aliphatic carbocycles. The zero-order valence-corrected chi connectivity index (χ0v) is 20.1. The van der Waals surface area contributed by atoms with Gasteiger partial charge in [-0.1, -0.05) is 39.8 Å². The lowest BCUT2D eigenvalue weighted by Crippen LogP contribution is -2.44. The van der Waals surface area contributed by atoms with Gasteiger partial charge >= 0.3 is 5.69 Å². The summed E-state index contributed by atoms with van der Waals surface area (Å²) in [6.07, 6.45) is 1.28. The van der Waals surface area contributed by atoms with Crippen LogP contribution in [-0.2, 0) is 17.9 Å². The largest absolute Gasteiger partial charge is 0.448 e. The first-order valence-corrected chi connectivity index (χ1v) is 11.4. The molecule has 0 fully saturated rings. The van der Waals surface area contributed by atoms with E-state index in [2.05, 4.69) is 9.97 Å². The number of fused-ring (bicyclic) bond motifs is 3. The lowest BCUT2D eigenvalue weighted by molar-refractivity contribution is -0.119. The molecular weight excluding hydrogens is 452 g/mol. The standard InChI is InChI=1S/C24H28N6O5/c1-13(2)9-29(19-21(25)30(10-14(3)4)24(34)27-22(19)32)17(31)11-28-12-26-18-15-7-5-6-8-16(15)35-20(18)23(28)33/h5-8,12-14H,9-11,25H2,1-4H3,(H,27,32,34). The predicted octanol–water partition coefficient (Wildman–Crippen LogP) is 1.92. The molecule has 0 aliphatic heterocycles. The van der Waals surface area contributed by atoms with Gasteiger partial charge in [-0.15, -0.1) is 0 Å². The Kier molecular flexibility index (Phi) is 6.33. The minimum atomic E-state index is -0.764. The number of nitrogens with two attached hydrogens (primary N) is 1. The summed E-state index contributed by atoms with van der Waals surface area (Å²) in [6.45, 7) is 7.59. The summed E-state index contributed by atoms with van der Waals surface area (Å²) in [4.78, 5) is 59.5.